The standard InChI is InChI=1S/C22H39N5O.HI/c1-17(2)27(18(3)4)15-9-13-24-22(23-5)25-14-12-19-10-8-11-20(16-19)21(28)26(6)7;/h8,10-11,16-18H,9,12-15H2,1-7H3,(H2,23,24,25);1H. The molecule has 0 aliphatic rings. The Morgan fingerprint density at radius 1 is 1.07 bits per heavy atom. The molecule has 166 valence electrons. The van der Waals surface area contributed by atoms with Gasteiger partial charge in [0.2, 0.25) is 0 Å². The summed E-state index contributed by atoms with van der Waals surface area (Å²) >= 11 is 0. The molecule has 0 aromatic heterocycles. The van der Waals surface area contributed by atoms with Crippen LogP contribution in [0.4, 0.5) is 0 Å². The van der Waals surface area contributed by atoms with Gasteiger partial charge in [-0.15, -0.1) is 24.0 Å². The molecule has 1 aromatic rings. The van der Waals surface area contributed by atoms with Crippen molar-refractivity contribution in [1.82, 2.24) is 20.4 Å². The number of hydrogen-bond donors (Lipinski definition) is 2. The summed E-state index contributed by atoms with van der Waals surface area (Å²) in [6.07, 6.45) is 1.91. The van der Waals surface area contributed by atoms with Crippen molar-refractivity contribution in [3.63, 3.8) is 0 Å². The van der Waals surface area contributed by atoms with E-state index in [2.05, 4.69) is 54.3 Å². The monoisotopic (exact) mass is 517 g/mol. The second kappa shape index (κ2) is 14.6. The Hall–Kier alpha value is -1.35. The summed E-state index contributed by atoms with van der Waals surface area (Å²) in [5.41, 5.74) is 1.87. The normalized spacial score (nSPS) is 11.6. The second-order valence-electron chi connectivity index (χ2n) is 7.85. The van der Waals surface area contributed by atoms with Crippen LogP contribution in [0.25, 0.3) is 0 Å². The van der Waals surface area contributed by atoms with Gasteiger partial charge in [-0.3, -0.25) is 14.7 Å². The number of aliphatic imine (C=N–C) groups is 1. The molecule has 0 saturated carbocycles. The number of carbonyl (C=O) groups excluding carboxylic acids is 1. The van der Waals surface area contributed by atoms with Crippen LogP contribution in [-0.4, -0.2) is 74.5 Å². The van der Waals surface area contributed by atoms with E-state index in [4.69, 9.17) is 0 Å². The summed E-state index contributed by atoms with van der Waals surface area (Å²) < 4.78 is 0. The van der Waals surface area contributed by atoms with Crippen LogP contribution in [0.5, 0.6) is 0 Å². The lowest BCUT2D eigenvalue weighted by Gasteiger charge is -2.30. The van der Waals surface area contributed by atoms with Gasteiger partial charge in [0.1, 0.15) is 0 Å². The molecule has 0 heterocycles. The highest BCUT2D eigenvalue weighted by molar-refractivity contribution is 14.0. The number of nitrogens with zero attached hydrogens (tertiary/aromatic N) is 3. The second-order valence-corrected chi connectivity index (χ2v) is 7.85. The first kappa shape index (κ1) is 27.6. The number of hydrogen-bond acceptors (Lipinski definition) is 3. The van der Waals surface area contributed by atoms with Gasteiger partial charge in [-0.05, 0) is 58.2 Å². The van der Waals surface area contributed by atoms with Crippen LogP contribution >= 0.6 is 24.0 Å². The number of amides is 1. The van der Waals surface area contributed by atoms with Crippen LogP contribution in [-0.2, 0) is 6.42 Å². The van der Waals surface area contributed by atoms with Crippen LogP contribution in [0.2, 0.25) is 0 Å². The molecule has 2 N–H and O–H groups in total. The van der Waals surface area contributed by atoms with Gasteiger partial charge in [0.15, 0.2) is 5.96 Å². The highest BCUT2D eigenvalue weighted by atomic mass is 127. The molecule has 0 fully saturated rings. The molecular weight excluding hydrogens is 477 g/mol. The number of benzene rings is 1. The minimum Gasteiger partial charge on any atom is -0.356 e. The quantitative estimate of drug-likeness (QED) is 0.217. The van der Waals surface area contributed by atoms with Crippen LogP contribution < -0.4 is 10.6 Å². The van der Waals surface area contributed by atoms with Gasteiger partial charge >= 0.3 is 0 Å². The first-order chi connectivity index (χ1) is 13.3. The van der Waals surface area contributed by atoms with Gasteiger partial charge in [0.05, 0.1) is 0 Å². The molecule has 1 aromatic carbocycles. The van der Waals surface area contributed by atoms with Crippen LogP contribution in [0.15, 0.2) is 29.3 Å². The highest BCUT2D eigenvalue weighted by Crippen LogP contribution is 2.08. The number of carbonyl (C=O) groups is 1. The molecule has 0 saturated heterocycles. The smallest absolute Gasteiger partial charge is 0.253 e. The maximum atomic E-state index is 12.1. The molecule has 0 aliphatic carbocycles. The Labute approximate surface area is 194 Å². The Morgan fingerprint density at radius 3 is 2.24 bits per heavy atom. The van der Waals surface area contributed by atoms with Crippen LogP contribution in [0, 0.1) is 0 Å². The molecule has 0 radical (unpaired) electrons. The van der Waals surface area contributed by atoms with E-state index < -0.39 is 0 Å². The summed E-state index contributed by atoms with van der Waals surface area (Å²) in [5.74, 6) is 0.852. The molecule has 1 rings (SSSR count). The van der Waals surface area contributed by atoms with Crippen molar-refractivity contribution in [1.29, 1.82) is 0 Å². The van der Waals surface area contributed by atoms with Crippen molar-refractivity contribution < 1.29 is 4.79 Å². The molecule has 6 nitrogen and oxygen atoms in total. The fourth-order valence-corrected chi connectivity index (χ4v) is 3.25. The molecule has 0 atom stereocenters. The van der Waals surface area contributed by atoms with Gasteiger partial charge in [0, 0.05) is 58.4 Å². The Bertz CT molecular complexity index is 623. The lowest BCUT2D eigenvalue weighted by Crippen LogP contribution is -2.41. The molecular formula is C22H40IN5O. The Balaban J connectivity index is 0.00000784. The predicted molar refractivity (Wildman–Crippen MR) is 135 cm³/mol. The third-order valence-corrected chi connectivity index (χ3v) is 4.72. The van der Waals surface area contributed by atoms with Crippen molar-refractivity contribution in [2.24, 2.45) is 4.99 Å². The molecule has 7 heteroatoms. The van der Waals surface area contributed by atoms with E-state index in [0.717, 1.165) is 49.6 Å². The van der Waals surface area contributed by atoms with E-state index in [1.807, 2.05) is 18.2 Å². The van der Waals surface area contributed by atoms with Crippen LogP contribution in [0.1, 0.15) is 50.0 Å². The Morgan fingerprint density at radius 2 is 1.69 bits per heavy atom. The average Bonchev–Trinajstić information content (AvgIpc) is 2.65. The van der Waals surface area contributed by atoms with Gasteiger partial charge in [-0.25, -0.2) is 0 Å². The van der Waals surface area contributed by atoms with Crippen LogP contribution in [0.3, 0.4) is 0 Å². The van der Waals surface area contributed by atoms with Crippen molar-refractivity contribution in [3.8, 4) is 0 Å². The lowest BCUT2D eigenvalue weighted by atomic mass is 10.1. The minimum absolute atomic E-state index is 0. The molecule has 0 aliphatic heterocycles. The first-order valence-corrected chi connectivity index (χ1v) is 10.3. The predicted octanol–water partition coefficient (Wildman–Crippen LogP) is 3.22. The van der Waals surface area contributed by atoms with E-state index in [9.17, 15) is 4.79 Å². The summed E-state index contributed by atoms with van der Waals surface area (Å²) in [6.45, 7) is 11.7. The number of nitrogens with one attached hydrogen (secondary N) is 2. The summed E-state index contributed by atoms with van der Waals surface area (Å²) in [6, 6.07) is 8.94. The van der Waals surface area contributed by atoms with Gasteiger partial charge in [0.25, 0.3) is 5.91 Å². The molecule has 0 unspecified atom stereocenters. The van der Waals surface area contributed by atoms with Gasteiger partial charge < -0.3 is 15.5 Å². The number of guanidine groups is 1. The molecule has 0 bridgehead atoms. The van der Waals surface area contributed by atoms with Gasteiger partial charge in [-0.1, -0.05) is 12.1 Å². The maximum absolute atomic E-state index is 12.1. The van der Waals surface area contributed by atoms with E-state index >= 15 is 0 Å². The zero-order valence-corrected chi connectivity index (χ0v) is 21.5. The van der Waals surface area contributed by atoms with E-state index in [1.54, 1.807) is 26.0 Å². The maximum Gasteiger partial charge on any atom is 0.253 e. The summed E-state index contributed by atoms with van der Waals surface area (Å²) in [5, 5.41) is 6.74. The zero-order valence-electron chi connectivity index (χ0n) is 19.2. The highest BCUT2D eigenvalue weighted by Gasteiger charge is 2.12. The third kappa shape index (κ3) is 10.3. The molecule has 29 heavy (non-hydrogen) atoms. The zero-order chi connectivity index (χ0) is 21.1. The largest absolute Gasteiger partial charge is 0.356 e. The third-order valence-electron chi connectivity index (χ3n) is 4.72. The van der Waals surface area contributed by atoms with Crippen molar-refractivity contribution in [2.45, 2.75) is 52.6 Å². The van der Waals surface area contributed by atoms with Crippen molar-refractivity contribution in [2.75, 3.05) is 40.8 Å². The average molecular weight is 518 g/mol. The molecule has 0 spiro atoms. The fourth-order valence-electron chi connectivity index (χ4n) is 3.25. The van der Waals surface area contributed by atoms with E-state index in [1.165, 1.54) is 0 Å². The van der Waals surface area contributed by atoms with Gasteiger partial charge in [-0.2, -0.15) is 0 Å². The first-order valence-electron chi connectivity index (χ1n) is 10.3. The van der Waals surface area contributed by atoms with E-state index in [-0.39, 0.29) is 29.9 Å². The van der Waals surface area contributed by atoms with Crippen molar-refractivity contribution >= 4 is 35.8 Å². The van der Waals surface area contributed by atoms with Crippen molar-refractivity contribution in [3.05, 3.63) is 35.4 Å². The topological polar surface area (TPSA) is 60.0 Å². The number of rotatable bonds is 10. The summed E-state index contributed by atoms with van der Waals surface area (Å²) in [4.78, 5) is 20.5. The van der Waals surface area contributed by atoms with E-state index in [0.29, 0.717) is 12.1 Å². The SMILES string of the molecule is CN=C(NCCCN(C(C)C)C(C)C)NCCc1cccc(C(=O)N(C)C)c1.I. The fraction of sp³-hybridized carbons (Fsp3) is 0.636. The molecule has 1 amide bonds. The summed E-state index contributed by atoms with van der Waals surface area (Å²) in [7, 11) is 5.34. The minimum atomic E-state index is 0. The lowest BCUT2D eigenvalue weighted by molar-refractivity contribution is 0.0827. The Kier molecular flexibility index (Phi) is 13.9. The number of halogens is 1.